The highest BCUT2D eigenvalue weighted by Gasteiger charge is 2.42. The second-order valence-electron chi connectivity index (χ2n) is 7.61. The number of aliphatic hydroxyl groups excluding tert-OH is 1. The van der Waals surface area contributed by atoms with Crippen LogP contribution in [-0.2, 0) is 6.54 Å². The number of rotatable bonds is 4. The second kappa shape index (κ2) is 7.02. The molecule has 0 aliphatic heterocycles. The normalized spacial score (nSPS) is 28.5. The van der Waals surface area contributed by atoms with Gasteiger partial charge in [0.1, 0.15) is 0 Å². The Morgan fingerprint density at radius 1 is 1.04 bits per heavy atom. The van der Waals surface area contributed by atoms with E-state index in [9.17, 15) is 5.11 Å². The Morgan fingerprint density at radius 3 is 2.24 bits per heavy atom. The predicted octanol–water partition coefficient (Wildman–Crippen LogP) is 3.78. The molecule has 2 aliphatic rings. The molecular weight excluding hydrogens is 334 g/mol. The van der Waals surface area contributed by atoms with E-state index < -0.39 is 0 Å². The highest BCUT2D eigenvalue weighted by Crippen LogP contribution is 2.45. The summed E-state index contributed by atoms with van der Waals surface area (Å²) in [5.74, 6) is 2.16. The Balaban J connectivity index is 1.37. The van der Waals surface area contributed by atoms with Crippen molar-refractivity contribution in [1.82, 2.24) is 14.9 Å². The van der Waals surface area contributed by atoms with Crippen molar-refractivity contribution in [1.29, 1.82) is 0 Å². The number of aliphatic hydroxyl groups is 1. The summed E-state index contributed by atoms with van der Waals surface area (Å²) in [7, 11) is 2.19. The van der Waals surface area contributed by atoms with Crippen LogP contribution in [0, 0.1) is 11.8 Å². The van der Waals surface area contributed by atoms with Crippen molar-refractivity contribution in [3.8, 4) is 11.4 Å². The first-order valence-corrected chi connectivity index (χ1v) is 9.41. The molecule has 5 heteroatoms. The van der Waals surface area contributed by atoms with Gasteiger partial charge in [0.2, 0.25) is 0 Å². The molecule has 0 amide bonds. The number of hydrogen-bond donors (Lipinski definition) is 1. The van der Waals surface area contributed by atoms with E-state index >= 15 is 0 Å². The molecule has 1 heterocycles. The number of benzene rings is 1. The zero-order valence-corrected chi connectivity index (χ0v) is 15.2. The minimum absolute atomic E-state index is 0.0601. The highest BCUT2D eigenvalue weighted by molar-refractivity contribution is 6.30. The van der Waals surface area contributed by atoms with E-state index in [-0.39, 0.29) is 6.10 Å². The lowest BCUT2D eigenvalue weighted by molar-refractivity contribution is 0.158. The van der Waals surface area contributed by atoms with Gasteiger partial charge in [-0.15, -0.1) is 0 Å². The summed E-state index contributed by atoms with van der Waals surface area (Å²) >= 11 is 5.93. The summed E-state index contributed by atoms with van der Waals surface area (Å²) in [6.07, 6.45) is 8.20. The molecule has 0 spiro atoms. The fraction of sp³-hybridized carbons (Fsp3) is 0.500. The van der Waals surface area contributed by atoms with Gasteiger partial charge in [0.15, 0.2) is 5.82 Å². The highest BCUT2D eigenvalue weighted by atomic mass is 35.5. The number of hydrogen-bond acceptors (Lipinski definition) is 4. The van der Waals surface area contributed by atoms with Crippen LogP contribution in [0.2, 0.25) is 5.02 Å². The topological polar surface area (TPSA) is 49.2 Å². The summed E-state index contributed by atoms with van der Waals surface area (Å²) < 4.78 is 0. The Labute approximate surface area is 153 Å². The molecule has 1 N–H and O–H groups in total. The zero-order valence-electron chi connectivity index (χ0n) is 14.5. The number of halogens is 1. The maximum atomic E-state index is 9.79. The van der Waals surface area contributed by atoms with Gasteiger partial charge in [-0.25, -0.2) is 9.97 Å². The van der Waals surface area contributed by atoms with Gasteiger partial charge in [-0.2, -0.15) is 0 Å². The average molecular weight is 358 g/mol. The quantitative estimate of drug-likeness (QED) is 0.904. The van der Waals surface area contributed by atoms with Crippen LogP contribution in [0.1, 0.15) is 31.2 Å². The van der Waals surface area contributed by atoms with Gasteiger partial charge in [0.25, 0.3) is 0 Å². The van der Waals surface area contributed by atoms with E-state index in [4.69, 9.17) is 11.6 Å². The molecule has 0 saturated heterocycles. The smallest absolute Gasteiger partial charge is 0.159 e. The Kier molecular flexibility index (Phi) is 4.76. The maximum Gasteiger partial charge on any atom is 0.159 e. The molecule has 0 bridgehead atoms. The van der Waals surface area contributed by atoms with Crippen molar-refractivity contribution in [2.24, 2.45) is 11.8 Å². The van der Waals surface area contributed by atoms with Crippen LogP contribution in [-0.4, -0.2) is 39.2 Å². The van der Waals surface area contributed by atoms with E-state index in [1.54, 1.807) is 0 Å². The van der Waals surface area contributed by atoms with Crippen LogP contribution in [0.25, 0.3) is 11.4 Å². The van der Waals surface area contributed by atoms with Crippen LogP contribution in [0.15, 0.2) is 36.7 Å². The third kappa shape index (κ3) is 3.71. The van der Waals surface area contributed by atoms with Crippen molar-refractivity contribution in [2.45, 2.75) is 44.4 Å². The monoisotopic (exact) mass is 357 g/mol. The molecule has 4 nitrogen and oxygen atoms in total. The average Bonchev–Trinajstić information content (AvgIpc) is 3.14. The molecule has 1 aromatic carbocycles. The molecule has 2 unspecified atom stereocenters. The van der Waals surface area contributed by atoms with E-state index in [0.717, 1.165) is 41.4 Å². The molecule has 1 aromatic heterocycles. The Morgan fingerprint density at radius 2 is 1.64 bits per heavy atom. The predicted molar refractivity (Wildman–Crippen MR) is 99.2 cm³/mol. The summed E-state index contributed by atoms with van der Waals surface area (Å²) in [5, 5.41) is 10.5. The lowest BCUT2D eigenvalue weighted by Crippen LogP contribution is -2.30. The number of fused-ring (bicyclic) bond motifs is 1. The van der Waals surface area contributed by atoms with E-state index in [1.807, 2.05) is 36.7 Å². The Bertz CT molecular complexity index is 705. The summed E-state index contributed by atoms with van der Waals surface area (Å²) in [5.41, 5.74) is 2.11. The van der Waals surface area contributed by atoms with Crippen molar-refractivity contribution >= 4 is 11.6 Å². The first-order valence-electron chi connectivity index (χ1n) is 9.03. The summed E-state index contributed by atoms with van der Waals surface area (Å²) in [6.45, 7) is 0.869. The van der Waals surface area contributed by atoms with Crippen LogP contribution in [0.4, 0.5) is 0 Å². The molecule has 2 aromatic rings. The van der Waals surface area contributed by atoms with Crippen LogP contribution in [0.3, 0.4) is 0 Å². The molecule has 2 saturated carbocycles. The molecule has 4 rings (SSSR count). The summed E-state index contributed by atoms with van der Waals surface area (Å²) in [4.78, 5) is 11.4. The van der Waals surface area contributed by atoms with E-state index in [0.29, 0.717) is 17.9 Å². The van der Waals surface area contributed by atoms with Gasteiger partial charge in [0.05, 0.1) is 6.10 Å². The molecule has 4 atom stereocenters. The SMILES string of the molecule is CN(Cc1cnc(-c2ccc(Cl)cc2)nc1)C1C[C@H]2CC(O)C[C@H]2C1. The number of aromatic nitrogens is 2. The lowest BCUT2D eigenvalue weighted by atomic mass is 10.0. The van der Waals surface area contributed by atoms with Gasteiger partial charge in [-0.3, -0.25) is 4.90 Å². The van der Waals surface area contributed by atoms with Crippen molar-refractivity contribution in [2.75, 3.05) is 7.05 Å². The van der Waals surface area contributed by atoms with Gasteiger partial charge < -0.3 is 5.11 Å². The molecule has 25 heavy (non-hydrogen) atoms. The molecule has 0 radical (unpaired) electrons. The second-order valence-corrected chi connectivity index (χ2v) is 8.04. The molecule has 2 aliphatic carbocycles. The Hall–Kier alpha value is -1.49. The fourth-order valence-corrected chi connectivity index (χ4v) is 4.64. The maximum absolute atomic E-state index is 9.79. The molecular formula is C20H24ClN3O. The number of nitrogens with zero attached hydrogens (tertiary/aromatic N) is 3. The van der Waals surface area contributed by atoms with E-state index in [1.165, 1.54) is 12.8 Å². The van der Waals surface area contributed by atoms with Gasteiger partial charge in [-0.1, -0.05) is 11.6 Å². The third-order valence-corrected chi connectivity index (χ3v) is 6.08. The van der Waals surface area contributed by atoms with E-state index in [2.05, 4.69) is 21.9 Å². The first kappa shape index (κ1) is 17.0. The minimum Gasteiger partial charge on any atom is -0.393 e. The van der Waals surface area contributed by atoms with Crippen LogP contribution < -0.4 is 0 Å². The van der Waals surface area contributed by atoms with Crippen molar-refractivity contribution < 1.29 is 5.11 Å². The van der Waals surface area contributed by atoms with Gasteiger partial charge >= 0.3 is 0 Å². The molecule has 132 valence electrons. The summed E-state index contributed by atoms with van der Waals surface area (Å²) in [6, 6.07) is 8.20. The zero-order chi connectivity index (χ0) is 17.4. The van der Waals surface area contributed by atoms with Crippen LogP contribution in [0.5, 0.6) is 0 Å². The van der Waals surface area contributed by atoms with Crippen molar-refractivity contribution in [3.63, 3.8) is 0 Å². The largest absolute Gasteiger partial charge is 0.393 e. The minimum atomic E-state index is -0.0601. The first-order chi connectivity index (χ1) is 12.1. The van der Waals surface area contributed by atoms with Crippen molar-refractivity contribution in [3.05, 3.63) is 47.2 Å². The van der Waals surface area contributed by atoms with Crippen LogP contribution >= 0.6 is 11.6 Å². The lowest BCUT2D eigenvalue weighted by Gasteiger charge is -2.25. The third-order valence-electron chi connectivity index (χ3n) is 5.83. The van der Waals surface area contributed by atoms with Gasteiger partial charge in [-0.05, 0) is 68.8 Å². The standard InChI is InChI=1S/C20H24ClN3O/c1-24(18-6-15-8-19(25)9-16(15)7-18)12-13-10-22-20(23-11-13)14-2-4-17(21)5-3-14/h2-5,10-11,15-16,18-19,25H,6-9,12H2,1H3/t15-,16+,18?,19?. The van der Waals surface area contributed by atoms with Gasteiger partial charge in [0, 0.05) is 41.1 Å². The molecule has 2 fully saturated rings. The fourth-order valence-electron chi connectivity index (χ4n) is 4.51.